The van der Waals surface area contributed by atoms with Crippen LogP contribution < -0.4 is 30.2 Å². The van der Waals surface area contributed by atoms with Crippen LogP contribution in [0, 0.1) is 0 Å². The van der Waals surface area contributed by atoms with Crippen LogP contribution in [0.2, 0.25) is 0 Å². The molecular weight excluding hydrogens is 454 g/mol. The zero-order chi connectivity index (χ0) is 24.8. The van der Waals surface area contributed by atoms with E-state index in [4.69, 9.17) is 14.2 Å². The minimum absolute atomic E-state index is 0.269. The highest BCUT2D eigenvalue weighted by atomic mass is 16.5. The number of nitrogens with zero attached hydrogens (tertiary/aromatic N) is 1. The molecule has 0 spiro atoms. The number of carbonyl (C=O) groups is 2. The van der Waals surface area contributed by atoms with Gasteiger partial charge in [-0.2, -0.15) is 0 Å². The van der Waals surface area contributed by atoms with Gasteiger partial charge >= 0.3 is 12.1 Å². The third kappa shape index (κ3) is 5.90. The third-order valence-electron chi connectivity index (χ3n) is 4.82. The van der Waals surface area contributed by atoms with E-state index in [0.717, 1.165) is 0 Å². The summed E-state index contributed by atoms with van der Waals surface area (Å²) in [4.78, 5) is 31.0. The van der Waals surface area contributed by atoms with Gasteiger partial charge in [-0.05, 0) is 36.4 Å². The zero-order valence-corrected chi connectivity index (χ0v) is 19.2. The van der Waals surface area contributed by atoms with Crippen molar-refractivity contribution >= 4 is 40.5 Å². The van der Waals surface area contributed by atoms with Crippen LogP contribution in [0.5, 0.6) is 23.0 Å². The topological polar surface area (TPSA) is 136 Å². The predicted octanol–water partition coefficient (Wildman–Crippen LogP) is 5.19. The van der Waals surface area contributed by atoms with Crippen LogP contribution in [0.4, 0.5) is 26.9 Å². The number of aromatic nitrogens is 2. The molecule has 0 atom stereocenters. The van der Waals surface area contributed by atoms with E-state index in [9.17, 15) is 9.59 Å². The van der Waals surface area contributed by atoms with Crippen molar-refractivity contribution in [3.8, 4) is 23.0 Å². The third-order valence-corrected chi connectivity index (χ3v) is 4.82. The van der Waals surface area contributed by atoms with Crippen LogP contribution >= 0.6 is 0 Å². The number of amides is 3. The Bertz CT molecular complexity index is 1330. The van der Waals surface area contributed by atoms with E-state index in [-0.39, 0.29) is 5.95 Å². The van der Waals surface area contributed by atoms with Crippen LogP contribution in [0.3, 0.4) is 0 Å². The summed E-state index contributed by atoms with van der Waals surface area (Å²) < 4.78 is 20.9. The number of ether oxygens (including phenoxy) is 4. The summed E-state index contributed by atoms with van der Waals surface area (Å²) in [6.45, 7) is 0. The monoisotopic (exact) mass is 477 g/mol. The number of fused-ring (bicyclic) bond motifs is 1. The second kappa shape index (κ2) is 10.3. The number of rotatable bonds is 7. The summed E-state index contributed by atoms with van der Waals surface area (Å²) in [5.41, 5.74) is 2.44. The average Bonchev–Trinajstić information content (AvgIpc) is 3.26. The standard InChI is InChI=1S/C24H23N5O6/c1-32-18-10-15(11-19(12-18)33-2)26-23(30)25-14-4-6-16(7-5-14)35-17-8-9-20-21(13-17)28-22(27-20)29-24(31)34-3/h4-13H,1-3H3,(H2,25,26,30)(H2,27,28,29,31). The number of imidazole rings is 1. The minimum atomic E-state index is -0.619. The lowest BCUT2D eigenvalue weighted by Gasteiger charge is -2.11. The molecule has 4 rings (SSSR count). The van der Waals surface area contributed by atoms with E-state index in [2.05, 4.69) is 30.7 Å². The fourth-order valence-electron chi connectivity index (χ4n) is 3.17. The van der Waals surface area contributed by atoms with Crippen LogP contribution in [0.25, 0.3) is 11.0 Å². The molecule has 0 unspecified atom stereocenters. The highest BCUT2D eigenvalue weighted by Crippen LogP contribution is 2.28. The van der Waals surface area contributed by atoms with Crippen LogP contribution in [0.1, 0.15) is 0 Å². The molecule has 0 aliphatic heterocycles. The molecule has 11 nitrogen and oxygen atoms in total. The fourth-order valence-corrected chi connectivity index (χ4v) is 3.17. The van der Waals surface area contributed by atoms with Crippen molar-refractivity contribution < 1.29 is 28.5 Å². The van der Waals surface area contributed by atoms with E-state index in [1.807, 2.05) is 0 Å². The Labute approximate surface area is 200 Å². The number of hydrogen-bond acceptors (Lipinski definition) is 7. The quantitative estimate of drug-likeness (QED) is 0.287. The van der Waals surface area contributed by atoms with Gasteiger partial charge in [0.1, 0.15) is 23.0 Å². The summed E-state index contributed by atoms with van der Waals surface area (Å²) in [7, 11) is 4.35. The molecule has 1 aromatic heterocycles. The molecule has 11 heteroatoms. The number of aromatic amines is 1. The largest absolute Gasteiger partial charge is 0.497 e. The van der Waals surface area contributed by atoms with Gasteiger partial charge in [-0.3, -0.25) is 5.32 Å². The van der Waals surface area contributed by atoms with Crippen molar-refractivity contribution in [1.82, 2.24) is 9.97 Å². The first-order valence-electron chi connectivity index (χ1n) is 10.4. The van der Waals surface area contributed by atoms with E-state index >= 15 is 0 Å². The number of methoxy groups -OCH3 is 3. The highest BCUT2D eigenvalue weighted by molar-refractivity contribution is 6.00. The van der Waals surface area contributed by atoms with Gasteiger partial charge in [-0.1, -0.05) is 0 Å². The fraction of sp³-hybridized carbons (Fsp3) is 0.125. The van der Waals surface area contributed by atoms with Crippen LogP contribution in [-0.2, 0) is 4.74 Å². The molecule has 0 bridgehead atoms. The molecule has 4 N–H and O–H groups in total. The first kappa shape index (κ1) is 23.2. The first-order chi connectivity index (χ1) is 16.9. The molecule has 180 valence electrons. The molecular formula is C24H23N5O6. The molecule has 0 radical (unpaired) electrons. The molecule has 1 heterocycles. The Balaban J connectivity index is 1.37. The Morgan fingerprint density at radius 1 is 0.743 bits per heavy atom. The second-order valence-electron chi connectivity index (χ2n) is 7.19. The van der Waals surface area contributed by atoms with Gasteiger partial charge in [-0.25, -0.2) is 14.6 Å². The van der Waals surface area contributed by atoms with Crippen molar-refractivity contribution in [2.24, 2.45) is 0 Å². The van der Waals surface area contributed by atoms with E-state index in [1.54, 1.807) is 60.7 Å². The lowest BCUT2D eigenvalue weighted by Crippen LogP contribution is -2.19. The van der Waals surface area contributed by atoms with Gasteiger partial charge in [0.15, 0.2) is 0 Å². The minimum Gasteiger partial charge on any atom is -0.497 e. The molecule has 0 saturated carbocycles. The van der Waals surface area contributed by atoms with Crippen molar-refractivity contribution in [1.29, 1.82) is 0 Å². The molecule has 0 aliphatic rings. The Morgan fingerprint density at radius 3 is 2.06 bits per heavy atom. The average molecular weight is 477 g/mol. The molecule has 0 saturated heterocycles. The van der Waals surface area contributed by atoms with Crippen LogP contribution in [0.15, 0.2) is 60.7 Å². The summed E-state index contributed by atoms with van der Waals surface area (Å²) in [6.07, 6.45) is -0.619. The molecule has 0 fully saturated rings. The Hall–Kier alpha value is -4.93. The Kier molecular flexibility index (Phi) is 6.86. The van der Waals surface area contributed by atoms with E-state index in [1.165, 1.54) is 21.3 Å². The SMILES string of the molecule is COC(=O)Nc1nc2ccc(Oc3ccc(NC(=O)Nc4cc(OC)cc(OC)c4)cc3)cc2[nH]1. The van der Waals surface area contributed by atoms with Gasteiger partial charge in [0.2, 0.25) is 5.95 Å². The normalized spacial score (nSPS) is 10.4. The molecule has 3 amide bonds. The Morgan fingerprint density at radius 2 is 1.40 bits per heavy atom. The van der Waals surface area contributed by atoms with Crippen molar-refractivity contribution in [2.75, 3.05) is 37.3 Å². The number of hydrogen-bond donors (Lipinski definition) is 4. The lowest BCUT2D eigenvalue weighted by molar-refractivity contribution is 0.186. The van der Waals surface area contributed by atoms with Crippen molar-refractivity contribution in [3.63, 3.8) is 0 Å². The summed E-state index contributed by atoms with van der Waals surface area (Å²) in [5, 5.41) is 7.98. The summed E-state index contributed by atoms with van der Waals surface area (Å²) in [5.74, 6) is 2.53. The summed E-state index contributed by atoms with van der Waals surface area (Å²) >= 11 is 0. The lowest BCUT2D eigenvalue weighted by atomic mass is 10.2. The number of urea groups is 1. The maximum absolute atomic E-state index is 12.4. The van der Waals surface area contributed by atoms with Crippen molar-refractivity contribution in [2.45, 2.75) is 0 Å². The predicted molar refractivity (Wildman–Crippen MR) is 131 cm³/mol. The summed E-state index contributed by atoms with van der Waals surface area (Å²) in [6, 6.07) is 16.8. The van der Waals surface area contributed by atoms with Crippen LogP contribution in [-0.4, -0.2) is 43.4 Å². The number of H-pyrrole nitrogens is 1. The first-order valence-corrected chi connectivity index (χ1v) is 10.4. The van der Waals surface area contributed by atoms with E-state index in [0.29, 0.717) is 45.4 Å². The smallest absolute Gasteiger partial charge is 0.413 e. The molecule has 3 aromatic carbocycles. The van der Waals surface area contributed by atoms with Gasteiger partial charge in [0, 0.05) is 35.6 Å². The maximum Gasteiger partial charge on any atom is 0.413 e. The molecule has 35 heavy (non-hydrogen) atoms. The number of carbonyl (C=O) groups excluding carboxylic acids is 2. The van der Waals surface area contributed by atoms with Gasteiger partial charge < -0.3 is 34.6 Å². The number of nitrogens with one attached hydrogen (secondary N) is 4. The van der Waals surface area contributed by atoms with Gasteiger partial charge in [0.05, 0.1) is 32.4 Å². The zero-order valence-electron chi connectivity index (χ0n) is 19.2. The van der Waals surface area contributed by atoms with Gasteiger partial charge in [0.25, 0.3) is 0 Å². The van der Waals surface area contributed by atoms with Crippen molar-refractivity contribution in [3.05, 3.63) is 60.7 Å². The molecule has 0 aliphatic carbocycles. The van der Waals surface area contributed by atoms with E-state index < -0.39 is 12.1 Å². The van der Waals surface area contributed by atoms with Gasteiger partial charge in [-0.15, -0.1) is 0 Å². The molecule has 4 aromatic rings. The highest BCUT2D eigenvalue weighted by Gasteiger charge is 2.09. The number of anilines is 3. The second-order valence-corrected chi connectivity index (χ2v) is 7.19. The maximum atomic E-state index is 12.4. The number of benzene rings is 3.